The summed E-state index contributed by atoms with van der Waals surface area (Å²) < 4.78 is 0. The van der Waals surface area contributed by atoms with Crippen molar-refractivity contribution in [2.75, 3.05) is 0 Å². The molecule has 0 saturated heterocycles. The third-order valence-electron chi connectivity index (χ3n) is 1.34. The maximum atomic E-state index is 5.48. The molecule has 0 amide bonds. The summed E-state index contributed by atoms with van der Waals surface area (Å²) in [5.74, 6) is 0. The summed E-state index contributed by atoms with van der Waals surface area (Å²) in [4.78, 5) is 0. The molecule has 0 aliphatic carbocycles. The number of halogens is 1. The molecule has 0 saturated carbocycles. The van der Waals surface area contributed by atoms with E-state index in [1.165, 1.54) is 0 Å². The third-order valence-corrected chi connectivity index (χ3v) is 1.57. The summed E-state index contributed by atoms with van der Waals surface area (Å²) in [5.41, 5.74) is 0. The van der Waals surface area contributed by atoms with Crippen LogP contribution in [0.3, 0.4) is 0 Å². The molecule has 2 aromatic rings. The topological polar surface area (TPSA) is 0 Å². The lowest BCUT2D eigenvalue weighted by molar-refractivity contribution is 1.69. The van der Waals surface area contributed by atoms with Gasteiger partial charge in [0.25, 0.3) is 0 Å². The summed E-state index contributed by atoms with van der Waals surface area (Å²) in [7, 11) is 0. The van der Waals surface area contributed by atoms with Crippen LogP contribution in [0, 0.1) is 6.07 Å². The van der Waals surface area contributed by atoms with E-state index in [0.29, 0.717) is 5.02 Å². The van der Waals surface area contributed by atoms with Gasteiger partial charge in [-0.2, -0.15) is 0 Å². The van der Waals surface area contributed by atoms with Crippen molar-refractivity contribution in [2.24, 2.45) is 0 Å². The van der Waals surface area contributed by atoms with E-state index in [0.717, 1.165) is 0 Å². The van der Waals surface area contributed by atoms with E-state index in [1.807, 2.05) is 48.5 Å². The first-order chi connectivity index (χ1) is 6.39. The Morgan fingerprint density at radius 2 is 1.31 bits per heavy atom. The molecule has 13 heavy (non-hydrogen) atoms. The molecule has 0 nitrogen and oxygen atoms in total. The molecule has 0 aromatic heterocycles. The summed E-state index contributed by atoms with van der Waals surface area (Å²) in [6.07, 6.45) is 0. The van der Waals surface area contributed by atoms with Crippen LogP contribution in [-0.4, -0.2) is 0 Å². The van der Waals surface area contributed by atoms with Gasteiger partial charge in [0, 0.05) is 11.1 Å². The second kappa shape index (κ2) is 6.27. The van der Waals surface area contributed by atoms with Crippen LogP contribution in [-0.2, 0) is 0 Å². The highest BCUT2D eigenvalue weighted by molar-refractivity contribution is 6.30. The maximum Gasteiger partial charge on any atom is 0.0484 e. The number of benzene rings is 2. The van der Waals surface area contributed by atoms with Crippen molar-refractivity contribution in [2.45, 2.75) is 0 Å². The second-order valence-corrected chi connectivity index (χ2v) is 2.77. The molecule has 0 fully saturated rings. The average molecular weight is 190 g/mol. The standard InChI is InChI=1S/C6H4Cl.C6H6/c7-6-4-2-1-3-5-6;1-2-4-6-5-3-1/h1-4H;1-6H. The van der Waals surface area contributed by atoms with Gasteiger partial charge in [0.2, 0.25) is 0 Å². The second-order valence-electron chi connectivity index (χ2n) is 2.37. The van der Waals surface area contributed by atoms with Crippen molar-refractivity contribution in [3.05, 3.63) is 71.8 Å². The summed E-state index contributed by atoms with van der Waals surface area (Å²) in [5, 5.41) is 0.669. The Labute approximate surface area is 83.8 Å². The van der Waals surface area contributed by atoms with Gasteiger partial charge in [-0.05, 0) is 6.07 Å². The average Bonchev–Trinajstić information content (AvgIpc) is 2.22. The molecule has 0 spiro atoms. The van der Waals surface area contributed by atoms with Gasteiger partial charge in [-0.3, -0.25) is 0 Å². The lowest BCUT2D eigenvalue weighted by Gasteiger charge is -1.79. The fraction of sp³-hybridized carbons (Fsp3) is 0. The highest BCUT2D eigenvalue weighted by Gasteiger charge is 1.76. The SMILES string of the molecule is Clc1[c]cccc1.c1ccccc1. The lowest BCUT2D eigenvalue weighted by atomic mass is 10.4. The minimum atomic E-state index is 0.669. The van der Waals surface area contributed by atoms with Gasteiger partial charge in [0.15, 0.2) is 0 Å². The molecule has 0 N–H and O–H groups in total. The molecular formula is C12H10Cl. The van der Waals surface area contributed by atoms with Crippen LogP contribution >= 0.6 is 11.6 Å². The molecule has 1 heteroatoms. The Bertz CT molecular complexity index is 276. The number of hydrogen-bond donors (Lipinski definition) is 0. The summed E-state index contributed by atoms with van der Waals surface area (Å²) in [6, 6.07) is 22.1. The van der Waals surface area contributed by atoms with Crippen LogP contribution in [0.5, 0.6) is 0 Å². The number of rotatable bonds is 0. The molecule has 0 heterocycles. The van der Waals surface area contributed by atoms with Gasteiger partial charge in [-0.1, -0.05) is 66.2 Å². The molecular weight excluding hydrogens is 180 g/mol. The first kappa shape index (κ1) is 9.82. The predicted molar refractivity (Wildman–Crippen MR) is 56.7 cm³/mol. The van der Waals surface area contributed by atoms with E-state index in [9.17, 15) is 0 Å². The van der Waals surface area contributed by atoms with Crippen molar-refractivity contribution in [1.82, 2.24) is 0 Å². The lowest BCUT2D eigenvalue weighted by Crippen LogP contribution is -1.56. The molecule has 0 aliphatic rings. The summed E-state index contributed by atoms with van der Waals surface area (Å²) >= 11 is 5.48. The monoisotopic (exact) mass is 189 g/mol. The molecule has 1 radical (unpaired) electrons. The highest BCUT2D eigenvalue weighted by Crippen LogP contribution is 2.02. The van der Waals surface area contributed by atoms with Crippen molar-refractivity contribution in [3.8, 4) is 0 Å². The number of hydrogen-bond acceptors (Lipinski definition) is 0. The van der Waals surface area contributed by atoms with Gasteiger partial charge in [-0.15, -0.1) is 0 Å². The zero-order chi connectivity index (χ0) is 9.36. The van der Waals surface area contributed by atoms with Gasteiger partial charge in [0.1, 0.15) is 0 Å². The van der Waals surface area contributed by atoms with Crippen molar-refractivity contribution >= 4 is 11.6 Å². The largest absolute Gasteiger partial charge is 0.0837 e. The molecule has 0 unspecified atom stereocenters. The van der Waals surface area contributed by atoms with E-state index in [4.69, 9.17) is 11.6 Å². The fourth-order valence-electron chi connectivity index (χ4n) is 0.756. The van der Waals surface area contributed by atoms with E-state index in [2.05, 4.69) is 6.07 Å². The van der Waals surface area contributed by atoms with Crippen molar-refractivity contribution < 1.29 is 0 Å². The Balaban J connectivity index is 0.000000132. The Hall–Kier alpha value is -1.27. The quantitative estimate of drug-likeness (QED) is 0.591. The van der Waals surface area contributed by atoms with Crippen LogP contribution < -0.4 is 0 Å². The van der Waals surface area contributed by atoms with Gasteiger partial charge < -0.3 is 0 Å². The first-order valence-electron chi connectivity index (χ1n) is 4.02. The normalized spacial score (nSPS) is 8.38. The van der Waals surface area contributed by atoms with E-state index < -0.39 is 0 Å². The van der Waals surface area contributed by atoms with E-state index in [1.54, 1.807) is 12.1 Å². The smallest absolute Gasteiger partial charge is 0.0484 e. The van der Waals surface area contributed by atoms with Crippen molar-refractivity contribution in [3.63, 3.8) is 0 Å². The molecule has 2 rings (SSSR count). The van der Waals surface area contributed by atoms with Crippen LogP contribution in [0.2, 0.25) is 5.02 Å². The Morgan fingerprint density at radius 1 is 0.769 bits per heavy atom. The first-order valence-corrected chi connectivity index (χ1v) is 4.39. The molecule has 0 bridgehead atoms. The van der Waals surface area contributed by atoms with Gasteiger partial charge >= 0.3 is 0 Å². The Kier molecular flexibility index (Phi) is 4.73. The van der Waals surface area contributed by atoms with Gasteiger partial charge in [0.05, 0.1) is 0 Å². The van der Waals surface area contributed by atoms with Crippen molar-refractivity contribution in [1.29, 1.82) is 0 Å². The molecule has 65 valence electrons. The third kappa shape index (κ3) is 5.05. The van der Waals surface area contributed by atoms with Crippen LogP contribution in [0.1, 0.15) is 0 Å². The van der Waals surface area contributed by atoms with Gasteiger partial charge in [-0.25, -0.2) is 0 Å². The predicted octanol–water partition coefficient (Wildman–Crippen LogP) is 3.83. The zero-order valence-electron chi connectivity index (χ0n) is 7.15. The molecule has 0 aliphatic heterocycles. The Morgan fingerprint density at radius 3 is 1.54 bits per heavy atom. The zero-order valence-corrected chi connectivity index (χ0v) is 7.91. The van der Waals surface area contributed by atoms with Crippen LogP contribution in [0.4, 0.5) is 0 Å². The van der Waals surface area contributed by atoms with Crippen LogP contribution in [0.25, 0.3) is 0 Å². The minimum absolute atomic E-state index is 0.669. The summed E-state index contributed by atoms with van der Waals surface area (Å²) in [6.45, 7) is 0. The van der Waals surface area contributed by atoms with Crippen LogP contribution in [0.15, 0.2) is 60.7 Å². The van der Waals surface area contributed by atoms with E-state index in [-0.39, 0.29) is 0 Å². The molecule has 0 atom stereocenters. The minimum Gasteiger partial charge on any atom is -0.0837 e. The highest BCUT2D eigenvalue weighted by atomic mass is 35.5. The fourth-order valence-corrected chi connectivity index (χ4v) is 0.892. The maximum absolute atomic E-state index is 5.48. The molecule has 2 aromatic carbocycles. The van der Waals surface area contributed by atoms with E-state index >= 15 is 0 Å².